The number of nitrogens with zero attached hydrogens (tertiary/aromatic N) is 2. The number of ether oxygens (including phenoxy) is 1. The average Bonchev–Trinajstić information content (AvgIpc) is 2.66. The zero-order valence-electron chi connectivity index (χ0n) is 14.7. The molecule has 0 fully saturated rings. The van der Waals surface area contributed by atoms with Gasteiger partial charge in [-0.1, -0.05) is 18.2 Å². The standard InChI is InChI=1S/C19H24N4O3/c24-18-14-15-6-4-5-9-17(15)22-23(18)12-10-20-19(25)21-11-13-26-16-7-2-1-3-8-16/h1-3,7-8,14H,4-6,9-13H2,(H2,20,21,25). The molecule has 0 spiro atoms. The maximum absolute atomic E-state index is 12.1. The van der Waals surface area contributed by atoms with Crippen LogP contribution in [-0.2, 0) is 19.4 Å². The van der Waals surface area contributed by atoms with Crippen molar-refractivity contribution >= 4 is 6.03 Å². The molecule has 0 unspecified atom stereocenters. The number of para-hydroxylation sites is 1. The summed E-state index contributed by atoms with van der Waals surface area (Å²) >= 11 is 0. The number of rotatable bonds is 7. The zero-order valence-corrected chi connectivity index (χ0v) is 14.7. The summed E-state index contributed by atoms with van der Waals surface area (Å²) < 4.78 is 6.93. The van der Waals surface area contributed by atoms with Gasteiger partial charge in [-0.2, -0.15) is 5.10 Å². The van der Waals surface area contributed by atoms with E-state index < -0.39 is 0 Å². The first-order valence-corrected chi connectivity index (χ1v) is 9.02. The van der Waals surface area contributed by atoms with Crippen LogP contribution in [0.5, 0.6) is 5.75 Å². The molecule has 0 atom stereocenters. The van der Waals surface area contributed by atoms with Crippen LogP contribution in [0.15, 0.2) is 41.2 Å². The predicted molar refractivity (Wildman–Crippen MR) is 98.5 cm³/mol. The highest BCUT2D eigenvalue weighted by Gasteiger charge is 2.13. The lowest BCUT2D eigenvalue weighted by atomic mass is 9.97. The molecular weight excluding hydrogens is 332 g/mol. The molecule has 0 saturated carbocycles. The summed E-state index contributed by atoms with van der Waals surface area (Å²) in [4.78, 5) is 23.8. The van der Waals surface area contributed by atoms with E-state index >= 15 is 0 Å². The highest BCUT2D eigenvalue weighted by Crippen LogP contribution is 2.16. The van der Waals surface area contributed by atoms with Crippen molar-refractivity contribution in [2.24, 2.45) is 0 Å². The normalized spacial score (nSPS) is 12.9. The third-order valence-corrected chi connectivity index (χ3v) is 4.28. The Labute approximate surface area is 152 Å². The van der Waals surface area contributed by atoms with Crippen LogP contribution in [0.1, 0.15) is 24.1 Å². The van der Waals surface area contributed by atoms with E-state index in [4.69, 9.17) is 4.74 Å². The minimum absolute atomic E-state index is 0.107. The van der Waals surface area contributed by atoms with Gasteiger partial charge in [-0.05, 0) is 43.4 Å². The number of aryl methyl sites for hydroxylation is 2. The van der Waals surface area contributed by atoms with E-state index in [-0.39, 0.29) is 11.6 Å². The largest absolute Gasteiger partial charge is 0.492 e. The van der Waals surface area contributed by atoms with Crippen LogP contribution in [0.25, 0.3) is 0 Å². The van der Waals surface area contributed by atoms with Gasteiger partial charge >= 0.3 is 6.03 Å². The number of nitrogens with one attached hydrogen (secondary N) is 2. The molecule has 1 aliphatic rings. The lowest BCUT2D eigenvalue weighted by molar-refractivity contribution is 0.236. The minimum atomic E-state index is -0.285. The molecular formula is C19H24N4O3. The second-order valence-corrected chi connectivity index (χ2v) is 6.23. The Morgan fingerprint density at radius 3 is 2.73 bits per heavy atom. The first-order chi connectivity index (χ1) is 12.7. The summed E-state index contributed by atoms with van der Waals surface area (Å²) in [6.07, 6.45) is 4.09. The molecule has 0 aliphatic heterocycles. The molecule has 7 heteroatoms. The monoisotopic (exact) mass is 356 g/mol. The van der Waals surface area contributed by atoms with Crippen LogP contribution in [-0.4, -0.2) is 35.5 Å². The zero-order chi connectivity index (χ0) is 18.2. The lowest BCUT2D eigenvalue weighted by Gasteiger charge is -2.16. The SMILES string of the molecule is O=C(NCCOc1ccccc1)NCCn1nc2c(cc1=O)CCCC2. The molecule has 1 heterocycles. The summed E-state index contributed by atoms with van der Waals surface area (Å²) in [5.74, 6) is 0.771. The van der Waals surface area contributed by atoms with Crippen LogP contribution in [0.2, 0.25) is 0 Å². The van der Waals surface area contributed by atoms with Crippen molar-refractivity contribution < 1.29 is 9.53 Å². The van der Waals surface area contributed by atoms with E-state index in [1.807, 2.05) is 30.3 Å². The highest BCUT2D eigenvalue weighted by atomic mass is 16.5. The van der Waals surface area contributed by atoms with Gasteiger partial charge in [0.2, 0.25) is 0 Å². The van der Waals surface area contributed by atoms with Gasteiger partial charge in [0.15, 0.2) is 0 Å². The summed E-state index contributed by atoms with van der Waals surface area (Å²) in [6.45, 7) is 1.50. The van der Waals surface area contributed by atoms with E-state index in [0.29, 0.717) is 26.2 Å². The second-order valence-electron chi connectivity index (χ2n) is 6.23. The lowest BCUT2D eigenvalue weighted by Crippen LogP contribution is -2.40. The fraction of sp³-hybridized carbons (Fsp3) is 0.421. The van der Waals surface area contributed by atoms with Gasteiger partial charge in [-0.15, -0.1) is 0 Å². The maximum atomic E-state index is 12.1. The third-order valence-electron chi connectivity index (χ3n) is 4.28. The van der Waals surface area contributed by atoms with Crippen LogP contribution < -0.4 is 20.9 Å². The minimum Gasteiger partial charge on any atom is -0.492 e. The predicted octanol–water partition coefficient (Wildman–Crippen LogP) is 1.50. The Morgan fingerprint density at radius 2 is 1.88 bits per heavy atom. The van der Waals surface area contributed by atoms with Crippen molar-refractivity contribution in [2.45, 2.75) is 32.2 Å². The van der Waals surface area contributed by atoms with Crippen molar-refractivity contribution in [1.82, 2.24) is 20.4 Å². The van der Waals surface area contributed by atoms with Gasteiger partial charge in [-0.3, -0.25) is 4.79 Å². The molecule has 1 aromatic heterocycles. The molecule has 26 heavy (non-hydrogen) atoms. The molecule has 0 bridgehead atoms. The fourth-order valence-electron chi connectivity index (χ4n) is 2.95. The van der Waals surface area contributed by atoms with E-state index in [0.717, 1.165) is 42.7 Å². The van der Waals surface area contributed by atoms with Gasteiger partial charge in [-0.25, -0.2) is 9.48 Å². The van der Waals surface area contributed by atoms with Crippen LogP contribution in [0, 0.1) is 0 Å². The van der Waals surface area contributed by atoms with Gasteiger partial charge < -0.3 is 15.4 Å². The average molecular weight is 356 g/mol. The van der Waals surface area contributed by atoms with Crippen molar-refractivity contribution in [3.8, 4) is 5.75 Å². The Hall–Kier alpha value is -2.83. The van der Waals surface area contributed by atoms with Gasteiger partial charge in [0.1, 0.15) is 12.4 Å². The molecule has 1 aromatic carbocycles. The summed E-state index contributed by atoms with van der Waals surface area (Å²) in [5, 5.41) is 9.88. The Morgan fingerprint density at radius 1 is 1.12 bits per heavy atom. The molecule has 0 saturated heterocycles. The first-order valence-electron chi connectivity index (χ1n) is 9.02. The van der Waals surface area contributed by atoms with Crippen molar-refractivity contribution in [1.29, 1.82) is 0 Å². The number of fused-ring (bicyclic) bond motifs is 1. The number of carbonyl (C=O) groups excluding carboxylic acids is 1. The van der Waals surface area contributed by atoms with Crippen LogP contribution >= 0.6 is 0 Å². The third kappa shape index (κ3) is 5.08. The molecule has 3 rings (SSSR count). The maximum Gasteiger partial charge on any atom is 0.314 e. The van der Waals surface area contributed by atoms with Crippen LogP contribution in [0.4, 0.5) is 4.79 Å². The molecule has 1 aliphatic carbocycles. The number of aromatic nitrogens is 2. The number of amides is 2. The van der Waals surface area contributed by atoms with Crippen molar-refractivity contribution in [3.63, 3.8) is 0 Å². The van der Waals surface area contributed by atoms with Gasteiger partial charge in [0.05, 0.1) is 18.8 Å². The molecule has 0 radical (unpaired) electrons. The Balaban J connectivity index is 1.36. The van der Waals surface area contributed by atoms with E-state index in [9.17, 15) is 9.59 Å². The second kappa shape index (κ2) is 9.03. The number of benzene rings is 1. The smallest absolute Gasteiger partial charge is 0.314 e. The van der Waals surface area contributed by atoms with E-state index in [2.05, 4.69) is 15.7 Å². The summed E-state index contributed by atoms with van der Waals surface area (Å²) in [7, 11) is 0. The summed E-state index contributed by atoms with van der Waals surface area (Å²) in [6, 6.07) is 10.8. The van der Waals surface area contributed by atoms with Crippen LogP contribution in [0.3, 0.4) is 0 Å². The summed E-state index contributed by atoms with van der Waals surface area (Å²) in [5.41, 5.74) is 1.98. The van der Waals surface area contributed by atoms with E-state index in [1.54, 1.807) is 6.07 Å². The Kier molecular flexibility index (Phi) is 6.24. The topological polar surface area (TPSA) is 85.2 Å². The van der Waals surface area contributed by atoms with Gasteiger partial charge in [0.25, 0.3) is 5.56 Å². The van der Waals surface area contributed by atoms with Crippen molar-refractivity contribution in [3.05, 3.63) is 58.0 Å². The van der Waals surface area contributed by atoms with E-state index in [1.165, 1.54) is 4.68 Å². The van der Waals surface area contributed by atoms with Crippen molar-refractivity contribution in [2.75, 3.05) is 19.7 Å². The Bertz CT molecular complexity index is 789. The molecule has 2 N–H and O–H groups in total. The number of carbonyl (C=O) groups is 1. The fourth-order valence-corrected chi connectivity index (χ4v) is 2.95. The molecule has 138 valence electrons. The quantitative estimate of drug-likeness (QED) is 0.736. The van der Waals surface area contributed by atoms with Gasteiger partial charge in [0, 0.05) is 12.6 Å². The highest BCUT2D eigenvalue weighted by molar-refractivity contribution is 5.73. The molecule has 7 nitrogen and oxygen atoms in total. The molecule has 2 aromatic rings. The number of hydrogen-bond donors (Lipinski definition) is 2. The first kappa shape index (κ1) is 18.0. The molecule has 2 amide bonds. The number of urea groups is 1. The number of hydrogen-bond acceptors (Lipinski definition) is 4.